The van der Waals surface area contributed by atoms with E-state index in [2.05, 4.69) is 23.3 Å². The zero-order valence-electron chi connectivity index (χ0n) is 11.0. The van der Waals surface area contributed by atoms with Gasteiger partial charge in [-0.3, -0.25) is 0 Å². The number of halogens is 1. The Morgan fingerprint density at radius 2 is 2.12 bits per heavy atom. The highest BCUT2D eigenvalue weighted by atomic mass is 35.5. The number of nitrogens with one attached hydrogen (secondary N) is 1. The van der Waals surface area contributed by atoms with Gasteiger partial charge >= 0.3 is 0 Å². The maximum Gasteiger partial charge on any atom is 0.143 e. The van der Waals surface area contributed by atoms with E-state index in [-0.39, 0.29) is 0 Å². The Morgan fingerprint density at radius 3 is 2.71 bits per heavy atom. The first kappa shape index (κ1) is 14.1. The van der Waals surface area contributed by atoms with Crippen molar-refractivity contribution >= 4 is 17.3 Å². The lowest BCUT2D eigenvalue weighted by molar-refractivity contribution is 0.414. The Morgan fingerprint density at radius 1 is 1.41 bits per heavy atom. The third-order valence-corrected chi connectivity index (χ3v) is 3.20. The van der Waals surface area contributed by atoms with Crippen LogP contribution < -0.4 is 15.0 Å². The molecule has 0 heterocycles. The number of anilines is 1. The molecular weight excluding hydrogens is 236 g/mol. The Labute approximate surface area is 109 Å². The number of methoxy groups -OCH3 is 1. The van der Waals surface area contributed by atoms with E-state index in [9.17, 15) is 0 Å². The summed E-state index contributed by atoms with van der Waals surface area (Å²) in [6.07, 6.45) is 1.10. The van der Waals surface area contributed by atoms with Crippen LogP contribution in [-0.4, -0.2) is 34.3 Å². The van der Waals surface area contributed by atoms with E-state index >= 15 is 0 Å². The van der Waals surface area contributed by atoms with Gasteiger partial charge in [0.05, 0.1) is 12.8 Å². The molecule has 0 aliphatic rings. The fourth-order valence-electron chi connectivity index (χ4n) is 1.72. The van der Waals surface area contributed by atoms with Gasteiger partial charge in [0.2, 0.25) is 0 Å². The Hall–Kier alpha value is -0.930. The first-order valence-electron chi connectivity index (χ1n) is 5.80. The number of nitrogens with zero attached hydrogens (tertiary/aromatic N) is 1. The van der Waals surface area contributed by atoms with Crippen LogP contribution in [0.5, 0.6) is 5.75 Å². The lowest BCUT2D eigenvalue weighted by Crippen LogP contribution is -2.22. The topological polar surface area (TPSA) is 24.5 Å². The SMILES string of the molecule is CNCCCN(C)c1cc(C)c(Cl)cc1OC. The number of benzene rings is 1. The van der Waals surface area contributed by atoms with Crippen molar-refractivity contribution in [3.05, 3.63) is 22.7 Å². The molecule has 0 atom stereocenters. The lowest BCUT2D eigenvalue weighted by atomic mass is 10.2. The lowest BCUT2D eigenvalue weighted by Gasteiger charge is -2.22. The van der Waals surface area contributed by atoms with Crippen LogP contribution in [0.25, 0.3) is 0 Å². The van der Waals surface area contributed by atoms with Crippen molar-refractivity contribution in [3.8, 4) is 5.75 Å². The number of hydrogen-bond donors (Lipinski definition) is 1. The number of ether oxygens (including phenoxy) is 1. The fraction of sp³-hybridized carbons (Fsp3) is 0.538. The van der Waals surface area contributed by atoms with Crippen LogP contribution in [0.15, 0.2) is 12.1 Å². The van der Waals surface area contributed by atoms with Crippen molar-refractivity contribution in [1.29, 1.82) is 0 Å². The molecule has 0 bridgehead atoms. The van der Waals surface area contributed by atoms with Gasteiger partial charge in [-0.2, -0.15) is 0 Å². The second kappa shape index (κ2) is 6.72. The minimum atomic E-state index is 0.745. The van der Waals surface area contributed by atoms with E-state index in [1.54, 1.807) is 7.11 Å². The zero-order chi connectivity index (χ0) is 12.8. The zero-order valence-corrected chi connectivity index (χ0v) is 11.8. The average molecular weight is 257 g/mol. The van der Waals surface area contributed by atoms with Gasteiger partial charge < -0.3 is 15.0 Å². The second-order valence-corrected chi connectivity index (χ2v) is 4.56. The van der Waals surface area contributed by atoms with E-state index in [0.29, 0.717) is 0 Å². The van der Waals surface area contributed by atoms with Crippen LogP contribution >= 0.6 is 11.6 Å². The molecule has 1 rings (SSSR count). The second-order valence-electron chi connectivity index (χ2n) is 4.15. The Kier molecular flexibility index (Phi) is 5.59. The van der Waals surface area contributed by atoms with Gasteiger partial charge in [0.1, 0.15) is 5.75 Å². The van der Waals surface area contributed by atoms with Gasteiger partial charge in [-0.1, -0.05) is 11.6 Å². The molecule has 0 radical (unpaired) electrons. The smallest absolute Gasteiger partial charge is 0.143 e. The predicted octanol–water partition coefficient (Wildman–Crippen LogP) is 2.70. The molecule has 0 saturated carbocycles. The number of hydrogen-bond acceptors (Lipinski definition) is 3. The maximum atomic E-state index is 6.09. The summed E-state index contributed by atoms with van der Waals surface area (Å²) in [5.74, 6) is 0.826. The van der Waals surface area contributed by atoms with E-state index in [1.807, 2.05) is 20.0 Å². The third-order valence-electron chi connectivity index (χ3n) is 2.79. The van der Waals surface area contributed by atoms with Crippen LogP contribution in [0.1, 0.15) is 12.0 Å². The molecule has 1 aromatic carbocycles. The highest BCUT2D eigenvalue weighted by Gasteiger charge is 2.10. The summed E-state index contributed by atoms with van der Waals surface area (Å²) in [6.45, 7) is 4.00. The normalized spacial score (nSPS) is 10.4. The minimum absolute atomic E-state index is 0.745. The quantitative estimate of drug-likeness (QED) is 0.792. The van der Waals surface area contributed by atoms with E-state index in [0.717, 1.165) is 41.5 Å². The van der Waals surface area contributed by atoms with Crippen molar-refractivity contribution in [3.63, 3.8) is 0 Å². The maximum absolute atomic E-state index is 6.09. The first-order valence-corrected chi connectivity index (χ1v) is 6.17. The van der Waals surface area contributed by atoms with Crippen molar-refractivity contribution < 1.29 is 4.74 Å². The third kappa shape index (κ3) is 3.79. The molecular formula is C13H21ClN2O. The molecule has 1 N–H and O–H groups in total. The van der Waals surface area contributed by atoms with Gasteiger partial charge in [-0.25, -0.2) is 0 Å². The highest BCUT2D eigenvalue weighted by Crippen LogP contribution is 2.33. The summed E-state index contributed by atoms with van der Waals surface area (Å²) >= 11 is 6.09. The van der Waals surface area contributed by atoms with Gasteiger partial charge in [0, 0.05) is 24.7 Å². The van der Waals surface area contributed by atoms with Crippen LogP contribution in [0.2, 0.25) is 5.02 Å². The van der Waals surface area contributed by atoms with Crippen molar-refractivity contribution in [2.45, 2.75) is 13.3 Å². The molecule has 4 heteroatoms. The molecule has 96 valence electrons. The standard InChI is InChI=1S/C13H21ClN2O/c1-10-8-12(13(17-4)9-11(10)14)16(3)7-5-6-15-2/h8-9,15H,5-7H2,1-4H3. The van der Waals surface area contributed by atoms with Gasteiger partial charge in [0.15, 0.2) is 0 Å². The Balaban J connectivity index is 2.84. The van der Waals surface area contributed by atoms with Gasteiger partial charge in [-0.15, -0.1) is 0 Å². The van der Waals surface area contributed by atoms with Crippen molar-refractivity contribution in [2.24, 2.45) is 0 Å². The van der Waals surface area contributed by atoms with Gasteiger partial charge in [0.25, 0.3) is 0 Å². The van der Waals surface area contributed by atoms with Crippen molar-refractivity contribution in [1.82, 2.24) is 5.32 Å². The summed E-state index contributed by atoms with van der Waals surface area (Å²) in [5, 5.41) is 3.89. The minimum Gasteiger partial charge on any atom is -0.495 e. The number of aryl methyl sites for hydroxylation is 1. The molecule has 0 aliphatic heterocycles. The Bertz CT molecular complexity index is 369. The first-order chi connectivity index (χ1) is 8.10. The molecule has 3 nitrogen and oxygen atoms in total. The van der Waals surface area contributed by atoms with Crippen LogP contribution in [-0.2, 0) is 0 Å². The molecule has 0 fully saturated rings. The largest absolute Gasteiger partial charge is 0.495 e. The van der Waals surface area contributed by atoms with Gasteiger partial charge in [-0.05, 0) is 38.6 Å². The summed E-state index contributed by atoms with van der Waals surface area (Å²) in [5.41, 5.74) is 2.16. The molecule has 0 unspecified atom stereocenters. The summed E-state index contributed by atoms with van der Waals surface area (Å²) in [6, 6.07) is 3.95. The summed E-state index contributed by atoms with van der Waals surface area (Å²) in [7, 11) is 5.71. The summed E-state index contributed by atoms with van der Waals surface area (Å²) < 4.78 is 5.37. The van der Waals surface area contributed by atoms with E-state index in [1.165, 1.54) is 0 Å². The molecule has 0 amide bonds. The number of rotatable bonds is 6. The summed E-state index contributed by atoms with van der Waals surface area (Å²) in [4.78, 5) is 2.19. The molecule has 0 spiro atoms. The molecule has 1 aromatic rings. The van der Waals surface area contributed by atoms with Crippen LogP contribution in [0, 0.1) is 6.92 Å². The highest BCUT2D eigenvalue weighted by molar-refractivity contribution is 6.31. The van der Waals surface area contributed by atoms with E-state index in [4.69, 9.17) is 16.3 Å². The molecule has 17 heavy (non-hydrogen) atoms. The average Bonchev–Trinajstić information content (AvgIpc) is 2.32. The molecule has 0 aliphatic carbocycles. The monoisotopic (exact) mass is 256 g/mol. The fourth-order valence-corrected chi connectivity index (χ4v) is 1.88. The molecule has 0 aromatic heterocycles. The van der Waals surface area contributed by atoms with Crippen LogP contribution in [0.4, 0.5) is 5.69 Å². The van der Waals surface area contributed by atoms with Crippen molar-refractivity contribution in [2.75, 3.05) is 39.2 Å². The molecule has 0 saturated heterocycles. The predicted molar refractivity (Wildman–Crippen MR) is 74.6 cm³/mol. The van der Waals surface area contributed by atoms with Crippen LogP contribution in [0.3, 0.4) is 0 Å². The van der Waals surface area contributed by atoms with E-state index < -0.39 is 0 Å².